The van der Waals surface area contributed by atoms with Crippen LogP contribution in [0.2, 0.25) is 0 Å². The number of hydrogen-bond acceptors (Lipinski definition) is 2. The van der Waals surface area contributed by atoms with Gasteiger partial charge < -0.3 is 5.32 Å². The standard InChI is InChI=1S/C12H18F3N3/c1-18-11-5-2-4-10(9(11)8-17-18)16-7-3-6-12(13,14)15/h8,10,16H,2-7H2,1H3. The summed E-state index contributed by atoms with van der Waals surface area (Å²) in [6.07, 6.45) is 0.243. The van der Waals surface area contributed by atoms with E-state index in [9.17, 15) is 13.2 Å². The van der Waals surface area contributed by atoms with E-state index in [-0.39, 0.29) is 12.5 Å². The van der Waals surface area contributed by atoms with E-state index in [1.54, 1.807) is 0 Å². The molecule has 1 atom stereocenters. The molecule has 0 radical (unpaired) electrons. The van der Waals surface area contributed by atoms with Crippen molar-refractivity contribution < 1.29 is 13.2 Å². The second-order valence-corrected chi connectivity index (χ2v) is 4.79. The quantitative estimate of drug-likeness (QED) is 0.845. The Labute approximate surface area is 104 Å². The smallest absolute Gasteiger partial charge is 0.310 e. The first-order chi connectivity index (χ1) is 8.47. The van der Waals surface area contributed by atoms with E-state index in [4.69, 9.17) is 0 Å². The van der Waals surface area contributed by atoms with Gasteiger partial charge in [0.15, 0.2) is 0 Å². The van der Waals surface area contributed by atoms with Gasteiger partial charge in [-0.2, -0.15) is 18.3 Å². The number of aromatic nitrogens is 2. The molecule has 1 aliphatic carbocycles. The van der Waals surface area contributed by atoms with Gasteiger partial charge in [-0.05, 0) is 32.2 Å². The van der Waals surface area contributed by atoms with Crippen molar-refractivity contribution in [3.63, 3.8) is 0 Å². The van der Waals surface area contributed by atoms with Gasteiger partial charge in [-0.15, -0.1) is 0 Å². The van der Waals surface area contributed by atoms with Gasteiger partial charge in [0.05, 0.1) is 6.20 Å². The summed E-state index contributed by atoms with van der Waals surface area (Å²) >= 11 is 0. The Morgan fingerprint density at radius 3 is 3.00 bits per heavy atom. The summed E-state index contributed by atoms with van der Waals surface area (Å²) in [5, 5.41) is 7.42. The summed E-state index contributed by atoms with van der Waals surface area (Å²) < 4.78 is 37.9. The highest BCUT2D eigenvalue weighted by Crippen LogP contribution is 2.29. The molecule has 1 aliphatic rings. The third-order valence-corrected chi connectivity index (χ3v) is 3.40. The molecule has 0 amide bonds. The predicted molar refractivity (Wildman–Crippen MR) is 62.2 cm³/mol. The molecule has 2 rings (SSSR count). The Bertz CT molecular complexity index is 398. The van der Waals surface area contributed by atoms with Crippen molar-refractivity contribution in [1.29, 1.82) is 0 Å². The molecule has 18 heavy (non-hydrogen) atoms. The van der Waals surface area contributed by atoms with Crippen LogP contribution < -0.4 is 5.32 Å². The van der Waals surface area contributed by atoms with Crippen LogP contribution in [0.3, 0.4) is 0 Å². The number of fused-ring (bicyclic) bond motifs is 1. The summed E-state index contributed by atoms with van der Waals surface area (Å²) in [7, 11) is 1.91. The number of halogens is 3. The lowest BCUT2D eigenvalue weighted by molar-refractivity contribution is -0.135. The number of aryl methyl sites for hydroxylation is 1. The van der Waals surface area contributed by atoms with Gasteiger partial charge in [-0.1, -0.05) is 0 Å². The summed E-state index contributed by atoms with van der Waals surface area (Å²) in [6.45, 7) is 0.401. The third-order valence-electron chi connectivity index (χ3n) is 3.40. The average molecular weight is 261 g/mol. The molecule has 1 N–H and O–H groups in total. The van der Waals surface area contributed by atoms with Crippen molar-refractivity contribution in [2.45, 2.75) is 44.3 Å². The van der Waals surface area contributed by atoms with E-state index < -0.39 is 12.6 Å². The first kappa shape index (κ1) is 13.4. The van der Waals surface area contributed by atoms with Gasteiger partial charge in [-0.25, -0.2) is 0 Å². The van der Waals surface area contributed by atoms with Gasteiger partial charge in [0.25, 0.3) is 0 Å². The predicted octanol–water partition coefficient (Wildman–Crippen LogP) is 2.73. The number of nitrogens with one attached hydrogen (secondary N) is 1. The minimum atomic E-state index is -4.05. The highest BCUT2D eigenvalue weighted by atomic mass is 19.4. The fourth-order valence-corrected chi connectivity index (χ4v) is 2.48. The Hall–Kier alpha value is -1.04. The Morgan fingerprint density at radius 2 is 2.28 bits per heavy atom. The zero-order chi connectivity index (χ0) is 13.2. The number of rotatable bonds is 4. The van der Waals surface area contributed by atoms with Gasteiger partial charge >= 0.3 is 6.18 Å². The molecule has 0 fully saturated rings. The van der Waals surface area contributed by atoms with Crippen LogP contribution in [-0.2, 0) is 13.5 Å². The van der Waals surface area contributed by atoms with Crippen LogP contribution in [0.5, 0.6) is 0 Å². The average Bonchev–Trinajstić information content (AvgIpc) is 2.67. The highest BCUT2D eigenvalue weighted by Gasteiger charge is 2.27. The Balaban J connectivity index is 1.84. The molecule has 1 heterocycles. The molecule has 1 unspecified atom stereocenters. The lowest BCUT2D eigenvalue weighted by atomic mass is 9.93. The van der Waals surface area contributed by atoms with Crippen molar-refractivity contribution >= 4 is 0 Å². The fraction of sp³-hybridized carbons (Fsp3) is 0.750. The molecule has 0 aromatic carbocycles. The fourth-order valence-electron chi connectivity index (χ4n) is 2.48. The van der Waals surface area contributed by atoms with Gasteiger partial charge in [0.2, 0.25) is 0 Å². The van der Waals surface area contributed by atoms with E-state index in [1.807, 2.05) is 17.9 Å². The molecule has 6 heteroatoms. The first-order valence-electron chi connectivity index (χ1n) is 6.28. The monoisotopic (exact) mass is 261 g/mol. The largest absolute Gasteiger partial charge is 0.389 e. The molecule has 0 saturated carbocycles. The molecule has 0 aliphatic heterocycles. The topological polar surface area (TPSA) is 29.9 Å². The Kier molecular flexibility index (Phi) is 3.94. The van der Waals surface area contributed by atoms with Crippen molar-refractivity contribution in [1.82, 2.24) is 15.1 Å². The maximum Gasteiger partial charge on any atom is 0.389 e. The SMILES string of the molecule is Cn1ncc2c1CCCC2NCCCC(F)(F)F. The minimum Gasteiger partial charge on any atom is -0.310 e. The number of hydrogen-bond donors (Lipinski definition) is 1. The van der Waals surface area contributed by atoms with Gasteiger partial charge in [0.1, 0.15) is 0 Å². The molecular weight excluding hydrogens is 243 g/mol. The first-order valence-corrected chi connectivity index (χ1v) is 6.28. The van der Waals surface area contributed by atoms with Crippen LogP contribution in [0.25, 0.3) is 0 Å². The summed E-state index contributed by atoms with van der Waals surface area (Å²) in [5.41, 5.74) is 2.35. The number of nitrogens with zero attached hydrogens (tertiary/aromatic N) is 2. The molecule has 0 saturated heterocycles. The van der Waals surface area contributed by atoms with Crippen LogP contribution in [0.15, 0.2) is 6.20 Å². The second-order valence-electron chi connectivity index (χ2n) is 4.79. The van der Waals surface area contributed by atoms with Crippen molar-refractivity contribution in [3.8, 4) is 0 Å². The van der Waals surface area contributed by atoms with E-state index in [0.29, 0.717) is 6.54 Å². The van der Waals surface area contributed by atoms with Crippen LogP contribution in [0.4, 0.5) is 13.2 Å². The van der Waals surface area contributed by atoms with Crippen molar-refractivity contribution in [3.05, 3.63) is 17.5 Å². The normalized spacial score (nSPS) is 19.9. The van der Waals surface area contributed by atoms with Crippen LogP contribution >= 0.6 is 0 Å². The molecule has 3 nitrogen and oxygen atoms in total. The van der Waals surface area contributed by atoms with Gasteiger partial charge in [-0.3, -0.25) is 4.68 Å². The molecular formula is C12H18F3N3. The molecule has 102 valence electrons. The highest BCUT2D eigenvalue weighted by molar-refractivity contribution is 5.24. The van der Waals surface area contributed by atoms with Crippen LogP contribution in [0.1, 0.15) is 43.0 Å². The Morgan fingerprint density at radius 1 is 1.50 bits per heavy atom. The minimum absolute atomic E-state index is 0.135. The summed E-state index contributed by atoms with van der Waals surface area (Å²) in [4.78, 5) is 0. The summed E-state index contributed by atoms with van der Waals surface area (Å²) in [6, 6.07) is 0.163. The molecule has 1 aromatic heterocycles. The number of alkyl halides is 3. The second kappa shape index (κ2) is 5.30. The lowest BCUT2D eigenvalue weighted by Gasteiger charge is -2.24. The van der Waals surface area contributed by atoms with Gasteiger partial charge in [0, 0.05) is 30.8 Å². The lowest BCUT2D eigenvalue weighted by Crippen LogP contribution is -2.26. The molecule has 0 bridgehead atoms. The van der Waals surface area contributed by atoms with E-state index in [0.717, 1.165) is 24.8 Å². The maximum atomic E-state index is 12.0. The molecule has 1 aromatic rings. The van der Waals surface area contributed by atoms with E-state index in [2.05, 4.69) is 10.4 Å². The maximum absolute atomic E-state index is 12.0. The third kappa shape index (κ3) is 3.25. The van der Waals surface area contributed by atoms with Crippen LogP contribution in [0, 0.1) is 0 Å². The zero-order valence-corrected chi connectivity index (χ0v) is 10.4. The van der Waals surface area contributed by atoms with E-state index >= 15 is 0 Å². The van der Waals surface area contributed by atoms with Crippen molar-refractivity contribution in [2.75, 3.05) is 6.54 Å². The zero-order valence-electron chi connectivity index (χ0n) is 10.4. The van der Waals surface area contributed by atoms with Crippen LogP contribution in [-0.4, -0.2) is 22.5 Å². The summed E-state index contributed by atoms with van der Waals surface area (Å²) in [5.74, 6) is 0. The molecule has 0 spiro atoms. The van der Waals surface area contributed by atoms with E-state index in [1.165, 1.54) is 5.69 Å². The van der Waals surface area contributed by atoms with Crippen molar-refractivity contribution in [2.24, 2.45) is 7.05 Å².